The van der Waals surface area contributed by atoms with Crippen LogP contribution in [0, 0.1) is 6.92 Å². The Morgan fingerprint density at radius 3 is 2.11 bits per heavy atom. The summed E-state index contributed by atoms with van der Waals surface area (Å²) in [4.78, 5) is 15.3. The standard InChI is InChI=1S/C26H25NO/c1-19-13-15-24(16-14-19)27-25(22-11-7-4-8-12-22)18-23(26(27)28)17-20(2)21-9-5-3-6-10-21/h3-16,18,20,25H,17H2,1-2H3/t20-,25-/m0/s1. The van der Waals surface area contributed by atoms with E-state index < -0.39 is 0 Å². The van der Waals surface area contributed by atoms with Gasteiger partial charge in [-0.05, 0) is 48.6 Å². The predicted molar refractivity (Wildman–Crippen MR) is 115 cm³/mol. The number of nitrogens with zero attached hydrogens (tertiary/aromatic N) is 1. The summed E-state index contributed by atoms with van der Waals surface area (Å²) >= 11 is 0. The maximum atomic E-state index is 13.4. The van der Waals surface area contributed by atoms with Crippen LogP contribution in [0.3, 0.4) is 0 Å². The van der Waals surface area contributed by atoms with Crippen LogP contribution in [0.4, 0.5) is 5.69 Å². The molecule has 140 valence electrons. The topological polar surface area (TPSA) is 20.3 Å². The number of benzene rings is 3. The van der Waals surface area contributed by atoms with E-state index in [0.717, 1.165) is 23.2 Å². The molecule has 0 aromatic heterocycles. The van der Waals surface area contributed by atoms with Crippen molar-refractivity contribution in [3.8, 4) is 0 Å². The maximum Gasteiger partial charge on any atom is 0.254 e. The quantitative estimate of drug-likeness (QED) is 0.525. The van der Waals surface area contributed by atoms with Gasteiger partial charge in [0.15, 0.2) is 0 Å². The van der Waals surface area contributed by atoms with Gasteiger partial charge in [0.25, 0.3) is 5.91 Å². The average Bonchev–Trinajstić information content (AvgIpc) is 3.06. The van der Waals surface area contributed by atoms with Gasteiger partial charge in [-0.1, -0.05) is 85.3 Å². The zero-order chi connectivity index (χ0) is 19.5. The van der Waals surface area contributed by atoms with Crippen LogP contribution in [0.1, 0.15) is 42.0 Å². The highest BCUT2D eigenvalue weighted by atomic mass is 16.2. The smallest absolute Gasteiger partial charge is 0.254 e. The fourth-order valence-electron chi connectivity index (χ4n) is 3.88. The third kappa shape index (κ3) is 3.63. The van der Waals surface area contributed by atoms with Crippen molar-refractivity contribution >= 4 is 11.6 Å². The lowest BCUT2D eigenvalue weighted by Gasteiger charge is -2.25. The Kier molecular flexibility index (Phi) is 5.12. The van der Waals surface area contributed by atoms with Crippen molar-refractivity contribution in [2.45, 2.75) is 32.2 Å². The first kappa shape index (κ1) is 18.2. The molecule has 2 atom stereocenters. The summed E-state index contributed by atoms with van der Waals surface area (Å²) in [5.41, 5.74) is 5.44. The number of hydrogen-bond acceptors (Lipinski definition) is 1. The van der Waals surface area contributed by atoms with Gasteiger partial charge in [0.1, 0.15) is 0 Å². The molecule has 0 N–H and O–H groups in total. The van der Waals surface area contributed by atoms with Crippen molar-refractivity contribution in [3.63, 3.8) is 0 Å². The third-order valence-electron chi connectivity index (χ3n) is 5.48. The minimum Gasteiger partial charge on any atom is -0.298 e. The second kappa shape index (κ2) is 7.85. The van der Waals surface area contributed by atoms with E-state index in [0.29, 0.717) is 5.92 Å². The molecular formula is C26H25NO. The van der Waals surface area contributed by atoms with E-state index >= 15 is 0 Å². The number of rotatable bonds is 5. The first-order valence-electron chi connectivity index (χ1n) is 9.84. The Morgan fingerprint density at radius 1 is 0.857 bits per heavy atom. The molecule has 0 aliphatic carbocycles. The van der Waals surface area contributed by atoms with E-state index in [2.05, 4.69) is 68.5 Å². The molecule has 1 heterocycles. The lowest BCUT2D eigenvalue weighted by Crippen LogP contribution is -2.29. The van der Waals surface area contributed by atoms with Crippen molar-refractivity contribution in [2.75, 3.05) is 4.90 Å². The van der Waals surface area contributed by atoms with E-state index in [1.165, 1.54) is 11.1 Å². The molecule has 2 nitrogen and oxygen atoms in total. The van der Waals surface area contributed by atoms with Gasteiger partial charge in [-0.3, -0.25) is 9.69 Å². The minimum atomic E-state index is -0.0608. The van der Waals surface area contributed by atoms with Gasteiger partial charge in [0.05, 0.1) is 6.04 Å². The highest BCUT2D eigenvalue weighted by molar-refractivity contribution is 6.09. The Hall–Kier alpha value is -3.13. The normalized spacial score (nSPS) is 17.5. The Bertz CT molecular complexity index is 974. The summed E-state index contributed by atoms with van der Waals surface area (Å²) in [5.74, 6) is 0.409. The molecule has 3 aromatic carbocycles. The monoisotopic (exact) mass is 367 g/mol. The summed E-state index contributed by atoms with van der Waals surface area (Å²) in [5, 5.41) is 0. The van der Waals surface area contributed by atoms with Gasteiger partial charge in [-0.15, -0.1) is 0 Å². The molecule has 2 heteroatoms. The molecular weight excluding hydrogens is 342 g/mol. The number of anilines is 1. The van der Waals surface area contributed by atoms with Crippen LogP contribution in [0.15, 0.2) is 96.6 Å². The molecule has 1 aliphatic rings. The van der Waals surface area contributed by atoms with Gasteiger partial charge in [-0.2, -0.15) is 0 Å². The van der Waals surface area contributed by atoms with Crippen molar-refractivity contribution < 1.29 is 4.79 Å². The fraction of sp³-hybridized carbons (Fsp3) is 0.192. The summed E-state index contributed by atoms with van der Waals surface area (Å²) in [6.07, 6.45) is 2.89. The van der Waals surface area contributed by atoms with Gasteiger partial charge in [0.2, 0.25) is 0 Å². The Balaban J connectivity index is 1.67. The minimum absolute atomic E-state index is 0.0608. The number of hydrogen-bond donors (Lipinski definition) is 0. The van der Waals surface area contributed by atoms with E-state index in [1.807, 2.05) is 41.3 Å². The molecule has 0 radical (unpaired) electrons. The number of amides is 1. The second-order valence-electron chi connectivity index (χ2n) is 7.57. The van der Waals surface area contributed by atoms with E-state index in [9.17, 15) is 4.79 Å². The highest BCUT2D eigenvalue weighted by Crippen LogP contribution is 2.38. The lowest BCUT2D eigenvalue weighted by atomic mass is 9.93. The first-order chi connectivity index (χ1) is 13.6. The third-order valence-corrected chi connectivity index (χ3v) is 5.48. The fourth-order valence-corrected chi connectivity index (χ4v) is 3.88. The molecule has 28 heavy (non-hydrogen) atoms. The molecule has 1 amide bonds. The number of aryl methyl sites for hydroxylation is 1. The molecule has 0 spiro atoms. The van der Waals surface area contributed by atoms with Gasteiger partial charge < -0.3 is 0 Å². The Labute approximate surface area is 167 Å². The highest BCUT2D eigenvalue weighted by Gasteiger charge is 2.34. The summed E-state index contributed by atoms with van der Waals surface area (Å²) in [6.45, 7) is 4.25. The second-order valence-corrected chi connectivity index (χ2v) is 7.57. The van der Waals surface area contributed by atoms with Crippen molar-refractivity contribution in [1.29, 1.82) is 0 Å². The van der Waals surface area contributed by atoms with E-state index in [1.54, 1.807) is 0 Å². The SMILES string of the molecule is Cc1ccc(N2C(=O)C(C[C@H](C)c3ccccc3)=C[C@H]2c2ccccc2)cc1. The van der Waals surface area contributed by atoms with Crippen LogP contribution < -0.4 is 4.90 Å². The predicted octanol–water partition coefficient (Wildman–Crippen LogP) is 6.20. The van der Waals surface area contributed by atoms with Crippen LogP contribution >= 0.6 is 0 Å². The number of carbonyl (C=O) groups is 1. The summed E-state index contributed by atoms with van der Waals surface area (Å²) in [6, 6.07) is 28.8. The van der Waals surface area contributed by atoms with Gasteiger partial charge in [-0.25, -0.2) is 0 Å². The maximum absolute atomic E-state index is 13.4. The first-order valence-corrected chi connectivity index (χ1v) is 9.84. The van der Waals surface area contributed by atoms with Crippen LogP contribution in [-0.2, 0) is 4.79 Å². The average molecular weight is 367 g/mol. The largest absolute Gasteiger partial charge is 0.298 e. The zero-order valence-corrected chi connectivity index (χ0v) is 16.4. The Morgan fingerprint density at radius 2 is 1.46 bits per heavy atom. The number of carbonyl (C=O) groups excluding carboxylic acids is 1. The molecule has 0 fully saturated rings. The van der Waals surface area contributed by atoms with Crippen LogP contribution in [0.25, 0.3) is 0 Å². The molecule has 0 saturated heterocycles. The zero-order valence-electron chi connectivity index (χ0n) is 16.4. The molecule has 4 rings (SSSR count). The molecule has 0 unspecified atom stereocenters. The van der Waals surface area contributed by atoms with Crippen LogP contribution in [0.2, 0.25) is 0 Å². The molecule has 3 aromatic rings. The lowest BCUT2D eigenvalue weighted by molar-refractivity contribution is -0.115. The van der Waals surface area contributed by atoms with E-state index in [4.69, 9.17) is 0 Å². The van der Waals surface area contributed by atoms with Crippen LogP contribution in [-0.4, -0.2) is 5.91 Å². The van der Waals surface area contributed by atoms with Crippen molar-refractivity contribution in [2.24, 2.45) is 0 Å². The van der Waals surface area contributed by atoms with Crippen LogP contribution in [0.5, 0.6) is 0 Å². The summed E-state index contributed by atoms with van der Waals surface area (Å²) < 4.78 is 0. The van der Waals surface area contributed by atoms with Gasteiger partial charge in [0, 0.05) is 11.3 Å². The molecule has 0 saturated carbocycles. The molecule has 0 bridgehead atoms. The molecule has 1 aliphatic heterocycles. The van der Waals surface area contributed by atoms with Crippen molar-refractivity contribution in [3.05, 3.63) is 113 Å². The van der Waals surface area contributed by atoms with E-state index in [-0.39, 0.29) is 11.9 Å². The summed E-state index contributed by atoms with van der Waals surface area (Å²) in [7, 11) is 0. The van der Waals surface area contributed by atoms with Crippen molar-refractivity contribution in [1.82, 2.24) is 0 Å². The van der Waals surface area contributed by atoms with Gasteiger partial charge >= 0.3 is 0 Å².